The molecular weight excluding hydrogens is 349 g/mol. The molecular formula is C18H20F3N2O3+. The Morgan fingerprint density at radius 3 is 2.15 bits per heavy atom. The summed E-state index contributed by atoms with van der Waals surface area (Å²) in [6.07, 6.45) is -4.74. The van der Waals surface area contributed by atoms with Gasteiger partial charge in [-0.3, -0.25) is 4.79 Å². The second-order valence-corrected chi connectivity index (χ2v) is 5.78. The highest BCUT2D eigenvalue weighted by molar-refractivity contribution is 5.91. The second kappa shape index (κ2) is 8.57. The van der Waals surface area contributed by atoms with Crippen molar-refractivity contribution in [3.8, 4) is 11.5 Å². The first-order valence-electron chi connectivity index (χ1n) is 7.85. The first-order chi connectivity index (χ1) is 12.2. The first kappa shape index (κ1) is 19.6. The maximum absolute atomic E-state index is 12.1. The molecule has 140 valence electrons. The molecule has 0 radical (unpaired) electrons. The monoisotopic (exact) mass is 369 g/mol. The third kappa shape index (κ3) is 6.64. The molecule has 2 aromatic carbocycles. The number of amides is 1. The standard InChI is InChI=1S/C18H19F3N2O3/c1-23(11-13-3-7-15(25-2)8-4-13)12-17(24)22-14-5-9-16(10-6-14)26-18(19,20)21/h3-10H,11-12H2,1-2H3,(H,22,24)/p+1. The lowest BCUT2D eigenvalue weighted by Crippen LogP contribution is -3.08. The Labute approximate surface area is 149 Å². The average Bonchev–Trinajstić information content (AvgIpc) is 2.56. The van der Waals surface area contributed by atoms with Gasteiger partial charge in [-0.2, -0.15) is 0 Å². The van der Waals surface area contributed by atoms with Crippen LogP contribution in [0.4, 0.5) is 18.9 Å². The SMILES string of the molecule is COc1ccc(C[NH+](C)CC(=O)Nc2ccc(OC(F)(F)F)cc2)cc1. The highest BCUT2D eigenvalue weighted by atomic mass is 19.4. The summed E-state index contributed by atoms with van der Waals surface area (Å²) < 4.78 is 45.2. The molecule has 0 aliphatic carbocycles. The average molecular weight is 369 g/mol. The van der Waals surface area contributed by atoms with Crippen LogP contribution in [0.25, 0.3) is 0 Å². The highest BCUT2D eigenvalue weighted by Crippen LogP contribution is 2.23. The summed E-state index contributed by atoms with van der Waals surface area (Å²) in [5.74, 6) is 0.195. The van der Waals surface area contributed by atoms with Crippen LogP contribution < -0.4 is 19.7 Å². The van der Waals surface area contributed by atoms with Crippen LogP contribution in [0.2, 0.25) is 0 Å². The van der Waals surface area contributed by atoms with Gasteiger partial charge in [0.2, 0.25) is 0 Å². The number of nitrogens with one attached hydrogen (secondary N) is 2. The van der Waals surface area contributed by atoms with Crippen molar-refractivity contribution in [2.45, 2.75) is 12.9 Å². The summed E-state index contributed by atoms with van der Waals surface area (Å²) in [4.78, 5) is 13.0. The third-order valence-electron chi connectivity index (χ3n) is 3.50. The van der Waals surface area contributed by atoms with Crippen LogP contribution >= 0.6 is 0 Å². The lowest BCUT2D eigenvalue weighted by Gasteiger charge is -2.14. The molecule has 0 heterocycles. The van der Waals surface area contributed by atoms with Crippen molar-refractivity contribution in [1.82, 2.24) is 0 Å². The molecule has 1 unspecified atom stereocenters. The van der Waals surface area contributed by atoms with E-state index in [-0.39, 0.29) is 18.2 Å². The third-order valence-corrected chi connectivity index (χ3v) is 3.50. The van der Waals surface area contributed by atoms with Gasteiger partial charge < -0.3 is 19.7 Å². The molecule has 0 aromatic heterocycles. The Kier molecular flexibility index (Phi) is 6.46. The van der Waals surface area contributed by atoms with Crippen molar-refractivity contribution in [1.29, 1.82) is 0 Å². The molecule has 0 saturated carbocycles. The van der Waals surface area contributed by atoms with Crippen molar-refractivity contribution >= 4 is 11.6 Å². The van der Waals surface area contributed by atoms with Crippen LogP contribution in [0, 0.1) is 0 Å². The fourth-order valence-corrected chi connectivity index (χ4v) is 2.37. The number of benzene rings is 2. The van der Waals surface area contributed by atoms with Crippen molar-refractivity contribution in [3.63, 3.8) is 0 Å². The summed E-state index contributed by atoms with van der Waals surface area (Å²) in [5, 5.41) is 2.65. The normalized spacial score (nSPS) is 12.3. The van der Waals surface area contributed by atoms with Crippen LogP contribution in [0.3, 0.4) is 0 Å². The number of methoxy groups -OCH3 is 1. The molecule has 0 aliphatic rings. The number of ether oxygens (including phenoxy) is 2. The Hall–Kier alpha value is -2.74. The highest BCUT2D eigenvalue weighted by Gasteiger charge is 2.30. The summed E-state index contributed by atoms with van der Waals surface area (Å²) in [6, 6.07) is 12.6. The van der Waals surface area contributed by atoms with Crippen molar-refractivity contribution < 1.29 is 32.3 Å². The zero-order chi connectivity index (χ0) is 19.2. The Morgan fingerprint density at radius 2 is 1.62 bits per heavy atom. The number of likely N-dealkylation sites (N-methyl/N-ethyl adjacent to an activating group) is 1. The molecule has 2 aromatic rings. The Balaban J connectivity index is 1.83. The van der Waals surface area contributed by atoms with E-state index in [1.54, 1.807) is 7.11 Å². The molecule has 26 heavy (non-hydrogen) atoms. The van der Waals surface area contributed by atoms with Gasteiger partial charge in [0, 0.05) is 11.3 Å². The minimum absolute atomic E-state index is 0.215. The molecule has 2 rings (SSSR count). The Bertz CT molecular complexity index is 716. The number of alkyl halides is 3. The smallest absolute Gasteiger partial charge is 0.497 e. The molecule has 2 N–H and O–H groups in total. The number of carbonyl (C=O) groups is 1. The van der Waals surface area contributed by atoms with Gasteiger partial charge in [0.15, 0.2) is 6.54 Å². The summed E-state index contributed by atoms with van der Waals surface area (Å²) >= 11 is 0. The van der Waals surface area contributed by atoms with E-state index in [9.17, 15) is 18.0 Å². The lowest BCUT2D eigenvalue weighted by atomic mass is 10.2. The van der Waals surface area contributed by atoms with E-state index in [1.165, 1.54) is 12.1 Å². The van der Waals surface area contributed by atoms with Crippen LogP contribution in [-0.4, -0.2) is 33.0 Å². The zero-order valence-corrected chi connectivity index (χ0v) is 14.4. The van der Waals surface area contributed by atoms with Crippen molar-refractivity contribution in [2.24, 2.45) is 0 Å². The summed E-state index contributed by atoms with van der Waals surface area (Å²) in [6.45, 7) is 0.864. The van der Waals surface area contributed by atoms with Crippen molar-refractivity contribution in [3.05, 3.63) is 54.1 Å². The van der Waals surface area contributed by atoms with Crippen LogP contribution in [-0.2, 0) is 11.3 Å². The quantitative estimate of drug-likeness (QED) is 0.787. The molecule has 1 amide bonds. The van der Waals surface area contributed by atoms with Gasteiger partial charge >= 0.3 is 6.36 Å². The van der Waals surface area contributed by atoms with Gasteiger partial charge in [-0.25, -0.2) is 0 Å². The van der Waals surface area contributed by atoms with Crippen LogP contribution in [0.1, 0.15) is 5.56 Å². The summed E-state index contributed by atoms with van der Waals surface area (Å²) in [5.41, 5.74) is 1.46. The molecule has 1 atom stereocenters. The maximum Gasteiger partial charge on any atom is 0.573 e. The molecule has 8 heteroatoms. The number of anilines is 1. The lowest BCUT2D eigenvalue weighted by molar-refractivity contribution is -0.885. The van der Waals surface area contributed by atoms with E-state index in [0.717, 1.165) is 28.3 Å². The van der Waals surface area contributed by atoms with Gasteiger partial charge in [0.05, 0.1) is 14.2 Å². The predicted molar refractivity (Wildman–Crippen MR) is 90.2 cm³/mol. The fraction of sp³-hybridized carbons (Fsp3) is 0.278. The largest absolute Gasteiger partial charge is 0.573 e. The van der Waals surface area contributed by atoms with Gasteiger partial charge in [0.25, 0.3) is 5.91 Å². The fourth-order valence-electron chi connectivity index (χ4n) is 2.37. The number of quaternary nitrogens is 1. The number of carbonyl (C=O) groups excluding carboxylic acids is 1. The van der Waals surface area contributed by atoms with Crippen molar-refractivity contribution in [2.75, 3.05) is 26.0 Å². The zero-order valence-electron chi connectivity index (χ0n) is 14.4. The topological polar surface area (TPSA) is 52.0 Å². The minimum atomic E-state index is -4.74. The molecule has 5 nitrogen and oxygen atoms in total. The van der Waals surface area contributed by atoms with Gasteiger partial charge in [-0.1, -0.05) is 0 Å². The number of halogens is 3. The van der Waals surface area contributed by atoms with E-state index in [4.69, 9.17) is 4.74 Å². The van der Waals surface area contributed by atoms with E-state index in [1.807, 2.05) is 31.3 Å². The van der Waals surface area contributed by atoms with E-state index >= 15 is 0 Å². The maximum atomic E-state index is 12.1. The number of hydrogen-bond donors (Lipinski definition) is 2. The van der Waals surface area contributed by atoms with E-state index in [2.05, 4.69) is 10.1 Å². The number of hydrogen-bond acceptors (Lipinski definition) is 3. The number of rotatable bonds is 7. The van der Waals surface area contributed by atoms with Gasteiger partial charge in [-0.15, -0.1) is 13.2 Å². The molecule has 0 fully saturated rings. The van der Waals surface area contributed by atoms with Crippen LogP contribution in [0.15, 0.2) is 48.5 Å². The first-order valence-corrected chi connectivity index (χ1v) is 7.85. The van der Waals surface area contributed by atoms with E-state index < -0.39 is 6.36 Å². The van der Waals surface area contributed by atoms with Gasteiger partial charge in [-0.05, 0) is 48.5 Å². The Morgan fingerprint density at radius 1 is 1.04 bits per heavy atom. The minimum Gasteiger partial charge on any atom is -0.497 e. The van der Waals surface area contributed by atoms with Crippen LogP contribution in [0.5, 0.6) is 11.5 Å². The summed E-state index contributed by atoms with van der Waals surface area (Å²) in [7, 11) is 3.47. The predicted octanol–water partition coefficient (Wildman–Crippen LogP) is 2.25. The van der Waals surface area contributed by atoms with E-state index in [0.29, 0.717) is 12.2 Å². The molecule has 0 spiro atoms. The molecule has 0 aliphatic heterocycles. The molecule has 0 bridgehead atoms. The molecule has 0 saturated heterocycles. The van der Waals surface area contributed by atoms with Gasteiger partial charge in [0.1, 0.15) is 18.0 Å². The second-order valence-electron chi connectivity index (χ2n) is 5.78.